The number of nitrogens with zero attached hydrogens (tertiary/aromatic N) is 2. The number of pyridine rings is 1. The fourth-order valence-corrected chi connectivity index (χ4v) is 2.05. The Morgan fingerprint density at radius 3 is 2.78 bits per heavy atom. The van der Waals surface area contributed by atoms with Crippen molar-refractivity contribution in [3.8, 4) is 28.7 Å². The van der Waals surface area contributed by atoms with Crippen LogP contribution in [0.15, 0.2) is 30.6 Å². The van der Waals surface area contributed by atoms with Gasteiger partial charge in [0.1, 0.15) is 6.07 Å². The van der Waals surface area contributed by atoms with E-state index in [1.165, 1.54) is 0 Å². The molecule has 0 radical (unpaired) electrons. The van der Waals surface area contributed by atoms with E-state index in [2.05, 4.69) is 11.1 Å². The maximum Gasteiger partial charge on any atom is 0.231 e. The number of hydrogen-bond donors (Lipinski definition) is 0. The van der Waals surface area contributed by atoms with Crippen molar-refractivity contribution in [2.45, 2.75) is 6.92 Å². The molecule has 0 bridgehead atoms. The molecule has 0 fully saturated rings. The van der Waals surface area contributed by atoms with E-state index in [0.29, 0.717) is 5.56 Å². The van der Waals surface area contributed by atoms with E-state index in [1.54, 1.807) is 12.4 Å². The topological polar surface area (TPSA) is 55.1 Å². The molecule has 0 saturated carbocycles. The number of nitriles is 1. The summed E-state index contributed by atoms with van der Waals surface area (Å²) in [6.07, 6.45) is 3.25. The Labute approximate surface area is 104 Å². The lowest BCUT2D eigenvalue weighted by molar-refractivity contribution is 0.174. The fraction of sp³-hybridized carbons (Fsp3) is 0.143. The zero-order valence-corrected chi connectivity index (χ0v) is 9.80. The summed E-state index contributed by atoms with van der Waals surface area (Å²) in [6.45, 7) is 2.23. The van der Waals surface area contributed by atoms with E-state index in [0.717, 1.165) is 28.2 Å². The van der Waals surface area contributed by atoms with Gasteiger partial charge in [0.05, 0.1) is 5.56 Å². The molecule has 4 nitrogen and oxygen atoms in total. The van der Waals surface area contributed by atoms with Crippen LogP contribution in [0, 0.1) is 18.3 Å². The third-order valence-electron chi connectivity index (χ3n) is 2.95. The number of aromatic nitrogens is 1. The van der Waals surface area contributed by atoms with E-state index in [1.807, 2.05) is 25.1 Å². The number of hydrogen-bond acceptors (Lipinski definition) is 4. The third-order valence-corrected chi connectivity index (χ3v) is 2.95. The van der Waals surface area contributed by atoms with Crippen LogP contribution < -0.4 is 9.47 Å². The SMILES string of the molecule is Cc1cc2c(cc1-c1ccncc1C#N)OCO2. The summed E-state index contributed by atoms with van der Waals surface area (Å²) < 4.78 is 10.7. The average Bonchev–Trinajstić information content (AvgIpc) is 2.84. The largest absolute Gasteiger partial charge is 0.454 e. The Balaban J connectivity index is 2.21. The monoisotopic (exact) mass is 238 g/mol. The van der Waals surface area contributed by atoms with E-state index in [4.69, 9.17) is 14.7 Å². The predicted molar refractivity (Wildman–Crippen MR) is 65.2 cm³/mol. The molecule has 1 aromatic carbocycles. The number of fused-ring (bicyclic) bond motifs is 1. The van der Waals surface area contributed by atoms with Gasteiger partial charge in [0.2, 0.25) is 6.79 Å². The molecule has 0 N–H and O–H groups in total. The molecule has 1 aliphatic heterocycles. The molecule has 18 heavy (non-hydrogen) atoms. The highest BCUT2D eigenvalue weighted by Crippen LogP contribution is 2.39. The molecule has 2 aromatic rings. The van der Waals surface area contributed by atoms with Gasteiger partial charge in [0, 0.05) is 18.0 Å². The molecule has 0 saturated heterocycles. The molecular formula is C14H10N2O2. The highest BCUT2D eigenvalue weighted by Gasteiger charge is 2.17. The third kappa shape index (κ3) is 1.57. The van der Waals surface area contributed by atoms with Crippen molar-refractivity contribution in [3.05, 3.63) is 41.7 Å². The molecule has 1 aliphatic rings. The fourth-order valence-electron chi connectivity index (χ4n) is 2.05. The van der Waals surface area contributed by atoms with Gasteiger partial charge in [-0.15, -0.1) is 0 Å². The van der Waals surface area contributed by atoms with Crippen LogP contribution in [0.5, 0.6) is 11.5 Å². The molecule has 0 amide bonds. The second-order valence-corrected chi connectivity index (χ2v) is 4.05. The molecule has 1 aromatic heterocycles. The maximum absolute atomic E-state index is 9.12. The predicted octanol–water partition coefficient (Wildman–Crippen LogP) is 2.66. The van der Waals surface area contributed by atoms with Gasteiger partial charge in [0.25, 0.3) is 0 Å². The van der Waals surface area contributed by atoms with Gasteiger partial charge in [-0.3, -0.25) is 4.98 Å². The van der Waals surface area contributed by atoms with Gasteiger partial charge in [-0.1, -0.05) is 0 Å². The van der Waals surface area contributed by atoms with Gasteiger partial charge in [-0.2, -0.15) is 5.26 Å². The molecule has 0 unspecified atom stereocenters. The second kappa shape index (κ2) is 4.04. The molecule has 0 aliphatic carbocycles. The van der Waals surface area contributed by atoms with Crippen molar-refractivity contribution in [2.75, 3.05) is 6.79 Å². The number of aryl methyl sites for hydroxylation is 1. The van der Waals surface area contributed by atoms with Crippen LogP contribution in [-0.2, 0) is 0 Å². The highest BCUT2D eigenvalue weighted by molar-refractivity contribution is 5.75. The summed E-state index contributed by atoms with van der Waals surface area (Å²) in [4.78, 5) is 3.97. The smallest absolute Gasteiger partial charge is 0.231 e. The minimum Gasteiger partial charge on any atom is -0.454 e. The average molecular weight is 238 g/mol. The van der Waals surface area contributed by atoms with Crippen LogP contribution in [0.4, 0.5) is 0 Å². The Hall–Kier alpha value is -2.54. The van der Waals surface area contributed by atoms with Gasteiger partial charge in [-0.25, -0.2) is 0 Å². The Kier molecular flexibility index (Phi) is 2.38. The van der Waals surface area contributed by atoms with E-state index >= 15 is 0 Å². The Morgan fingerprint density at radius 1 is 1.22 bits per heavy atom. The number of rotatable bonds is 1. The van der Waals surface area contributed by atoms with Crippen molar-refractivity contribution in [2.24, 2.45) is 0 Å². The first-order chi connectivity index (χ1) is 8.79. The molecule has 3 rings (SSSR count). The second-order valence-electron chi connectivity index (χ2n) is 4.05. The summed E-state index contributed by atoms with van der Waals surface area (Å²) in [5, 5.41) is 9.12. The molecule has 88 valence electrons. The van der Waals surface area contributed by atoms with Crippen LogP contribution in [0.2, 0.25) is 0 Å². The molecular weight excluding hydrogens is 228 g/mol. The molecule has 2 heterocycles. The van der Waals surface area contributed by atoms with Gasteiger partial charge in [0.15, 0.2) is 11.5 Å². The van der Waals surface area contributed by atoms with Crippen LogP contribution in [0.1, 0.15) is 11.1 Å². The lowest BCUT2D eigenvalue weighted by atomic mass is 9.97. The highest BCUT2D eigenvalue weighted by atomic mass is 16.7. The summed E-state index contributed by atoms with van der Waals surface area (Å²) in [5.74, 6) is 1.47. The Bertz CT molecular complexity index is 659. The molecule has 4 heteroatoms. The maximum atomic E-state index is 9.12. The number of ether oxygens (including phenoxy) is 2. The first-order valence-electron chi connectivity index (χ1n) is 5.54. The molecule has 0 spiro atoms. The summed E-state index contributed by atoms with van der Waals surface area (Å²) >= 11 is 0. The van der Waals surface area contributed by atoms with Crippen molar-refractivity contribution < 1.29 is 9.47 Å². The van der Waals surface area contributed by atoms with E-state index in [9.17, 15) is 0 Å². The number of benzene rings is 1. The quantitative estimate of drug-likeness (QED) is 0.766. The lowest BCUT2D eigenvalue weighted by Gasteiger charge is -2.08. The lowest BCUT2D eigenvalue weighted by Crippen LogP contribution is -1.92. The van der Waals surface area contributed by atoms with Crippen LogP contribution in [0.25, 0.3) is 11.1 Å². The van der Waals surface area contributed by atoms with Crippen molar-refractivity contribution in [1.29, 1.82) is 5.26 Å². The Morgan fingerprint density at radius 2 is 2.00 bits per heavy atom. The van der Waals surface area contributed by atoms with Crippen LogP contribution in [0.3, 0.4) is 0 Å². The van der Waals surface area contributed by atoms with Crippen LogP contribution in [-0.4, -0.2) is 11.8 Å². The first kappa shape index (κ1) is 10.6. The first-order valence-corrected chi connectivity index (χ1v) is 5.54. The standard InChI is InChI=1S/C14H10N2O2/c1-9-4-13-14(18-8-17-13)5-12(9)11-2-3-16-7-10(11)6-15/h2-5,7H,8H2,1H3. The minimum atomic E-state index is 0.250. The van der Waals surface area contributed by atoms with Gasteiger partial charge in [-0.05, 0) is 36.2 Å². The van der Waals surface area contributed by atoms with Gasteiger partial charge < -0.3 is 9.47 Å². The van der Waals surface area contributed by atoms with E-state index < -0.39 is 0 Å². The van der Waals surface area contributed by atoms with E-state index in [-0.39, 0.29) is 6.79 Å². The zero-order chi connectivity index (χ0) is 12.5. The van der Waals surface area contributed by atoms with Crippen molar-refractivity contribution >= 4 is 0 Å². The molecule has 0 atom stereocenters. The summed E-state index contributed by atoms with van der Waals surface area (Å²) in [6, 6.07) is 7.83. The normalized spacial score (nSPS) is 12.2. The summed E-state index contributed by atoms with van der Waals surface area (Å²) in [7, 11) is 0. The van der Waals surface area contributed by atoms with Crippen molar-refractivity contribution in [1.82, 2.24) is 4.98 Å². The van der Waals surface area contributed by atoms with Gasteiger partial charge >= 0.3 is 0 Å². The summed E-state index contributed by atoms with van der Waals surface area (Å²) in [5.41, 5.74) is 3.43. The van der Waals surface area contributed by atoms with Crippen LogP contribution >= 0.6 is 0 Å². The van der Waals surface area contributed by atoms with Crippen molar-refractivity contribution in [3.63, 3.8) is 0 Å². The zero-order valence-electron chi connectivity index (χ0n) is 9.80. The minimum absolute atomic E-state index is 0.250.